The Morgan fingerprint density at radius 1 is 1.52 bits per heavy atom. The van der Waals surface area contributed by atoms with E-state index in [0.29, 0.717) is 22.7 Å². The molecule has 21 heavy (non-hydrogen) atoms. The smallest absolute Gasteiger partial charge is 0.356 e. The van der Waals surface area contributed by atoms with Gasteiger partial charge in [0, 0.05) is 12.3 Å². The molecule has 0 spiro atoms. The van der Waals surface area contributed by atoms with Crippen LogP contribution in [0, 0.1) is 0 Å². The number of nitrogens with zero attached hydrogens (tertiary/aromatic N) is 3. The largest absolute Gasteiger partial charge is 0.476 e. The highest BCUT2D eigenvalue weighted by molar-refractivity contribution is 6.32. The lowest BCUT2D eigenvalue weighted by molar-refractivity contribution is 0.0690. The Morgan fingerprint density at radius 3 is 2.81 bits per heavy atom. The number of aromatic nitrogens is 3. The van der Waals surface area contributed by atoms with Crippen molar-refractivity contribution in [3.63, 3.8) is 0 Å². The van der Waals surface area contributed by atoms with Gasteiger partial charge in [0.25, 0.3) is 0 Å². The highest BCUT2D eigenvalue weighted by Crippen LogP contribution is 2.20. The summed E-state index contributed by atoms with van der Waals surface area (Å²) in [6, 6.07) is 4.69. The molecule has 0 saturated heterocycles. The molecule has 0 aliphatic heterocycles. The van der Waals surface area contributed by atoms with E-state index in [2.05, 4.69) is 16.7 Å². The molecule has 0 bridgehead atoms. The maximum absolute atomic E-state index is 11.1. The minimum atomic E-state index is -1.14. The molecule has 0 saturated carbocycles. The summed E-state index contributed by atoms with van der Waals surface area (Å²) in [6.07, 6.45) is 4.40. The number of ether oxygens (including phenoxy) is 1. The van der Waals surface area contributed by atoms with Crippen molar-refractivity contribution in [1.82, 2.24) is 14.8 Å². The number of aromatic carboxylic acids is 1. The van der Waals surface area contributed by atoms with Crippen LogP contribution in [-0.2, 0) is 4.74 Å². The van der Waals surface area contributed by atoms with Crippen molar-refractivity contribution in [2.24, 2.45) is 0 Å². The van der Waals surface area contributed by atoms with Gasteiger partial charge in [-0.15, -0.1) is 0 Å². The molecule has 2 aromatic rings. The first-order chi connectivity index (χ1) is 10.1. The molecule has 0 aliphatic carbocycles. The lowest BCUT2D eigenvalue weighted by Crippen LogP contribution is -2.09. The summed E-state index contributed by atoms with van der Waals surface area (Å²) in [6.45, 7) is 5.25. The van der Waals surface area contributed by atoms with Gasteiger partial charge in [-0.2, -0.15) is 5.10 Å². The fourth-order valence-electron chi connectivity index (χ4n) is 1.72. The quantitative estimate of drug-likeness (QED) is 0.660. The molecule has 2 radical (unpaired) electrons. The molecular formula is C14H12BN3O3. The SMILES string of the molecule is [B]c1ccc(-n2nc(C(=O)O)cc2/C(=C/C)OC=C)nc1. The molecule has 0 atom stereocenters. The van der Waals surface area contributed by atoms with Gasteiger partial charge in [-0.05, 0) is 19.1 Å². The second-order valence-electron chi connectivity index (χ2n) is 4.02. The topological polar surface area (TPSA) is 77.2 Å². The Bertz CT molecular complexity index is 705. The molecule has 0 amide bonds. The van der Waals surface area contributed by atoms with Crippen molar-refractivity contribution in [3.05, 3.63) is 54.7 Å². The Hall–Kier alpha value is -2.83. The van der Waals surface area contributed by atoms with Gasteiger partial charge in [0.15, 0.2) is 11.5 Å². The third-order valence-electron chi connectivity index (χ3n) is 2.64. The summed E-state index contributed by atoms with van der Waals surface area (Å²) >= 11 is 0. The standard InChI is InChI=1S/C14H12BN3O3/c1-3-12(21-4-2)11-7-10(14(19)20)17-18(11)13-6-5-9(15)8-16-13/h3-8H,2H2,1H3,(H,19,20)/b12-3-. The monoisotopic (exact) mass is 281 g/mol. The number of carbonyl (C=O) groups is 1. The van der Waals surface area contributed by atoms with Gasteiger partial charge in [0.05, 0.1) is 6.26 Å². The van der Waals surface area contributed by atoms with Crippen LogP contribution in [-0.4, -0.2) is 33.7 Å². The van der Waals surface area contributed by atoms with E-state index < -0.39 is 5.97 Å². The van der Waals surface area contributed by atoms with E-state index in [0.717, 1.165) is 0 Å². The van der Waals surface area contributed by atoms with E-state index in [1.807, 2.05) is 0 Å². The highest BCUT2D eigenvalue weighted by atomic mass is 16.5. The molecule has 6 nitrogen and oxygen atoms in total. The Balaban J connectivity index is 2.60. The molecule has 0 fully saturated rings. The van der Waals surface area contributed by atoms with E-state index in [1.54, 1.807) is 25.1 Å². The maximum atomic E-state index is 11.1. The first-order valence-electron chi connectivity index (χ1n) is 6.06. The average molecular weight is 281 g/mol. The number of hydrogen-bond acceptors (Lipinski definition) is 4. The van der Waals surface area contributed by atoms with Gasteiger partial charge in [-0.1, -0.05) is 18.1 Å². The summed E-state index contributed by atoms with van der Waals surface area (Å²) in [5.74, 6) is -0.290. The average Bonchev–Trinajstić information content (AvgIpc) is 2.90. The molecule has 0 aliphatic rings. The van der Waals surface area contributed by atoms with Gasteiger partial charge in [-0.25, -0.2) is 14.5 Å². The number of rotatable bonds is 5. The zero-order valence-electron chi connectivity index (χ0n) is 11.4. The van der Waals surface area contributed by atoms with Crippen molar-refractivity contribution in [1.29, 1.82) is 0 Å². The normalized spacial score (nSPS) is 11.2. The second kappa shape index (κ2) is 6.08. The second-order valence-corrected chi connectivity index (χ2v) is 4.02. The van der Waals surface area contributed by atoms with Crippen molar-refractivity contribution >= 4 is 25.0 Å². The Kier molecular flexibility index (Phi) is 4.22. The van der Waals surface area contributed by atoms with E-state index in [9.17, 15) is 4.79 Å². The van der Waals surface area contributed by atoms with Crippen LogP contribution >= 0.6 is 0 Å². The van der Waals surface area contributed by atoms with Crippen LogP contribution in [0.2, 0.25) is 0 Å². The van der Waals surface area contributed by atoms with Crippen molar-refractivity contribution < 1.29 is 14.6 Å². The molecule has 1 N–H and O–H groups in total. The lowest BCUT2D eigenvalue weighted by Gasteiger charge is -2.09. The first kappa shape index (κ1) is 14.6. The summed E-state index contributed by atoms with van der Waals surface area (Å²) < 4.78 is 6.65. The van der Waals surface area contributed by atoms with Gasteiger partial charge >= 0.3 is 5.97 Å². The third kappa shape index (κ3) is 3.02. The number of allylic oxidation sites excluding steroid dienone is 1. The summed E-state index contributed by atoms with van der Waals surface area (Å²) in [5.41, 5.74) is 0.835. The fourth-order valence-corrected chi connectivity index (χ4v) is 1.72. The van der Waals surface area contributed by atoms with Crippen LogP contribution < -0.4 is 5.46 Å². The van der Waals surface area contributed by atoms with Crippen LogP contribution in [0.3, 0.4) is 0 Å². The molecule has 2 aromatic heterocycles. The van der Waals surface area contributed by atoms with Gasteiger partial charge in [0.1, 0.15) is 19.3 Å². The molecule has 2 heterocycles. The van der Waals surface area contributed by atoms with Crippen molar-refractivity contribution in [3.8, 4) is 5.82 Å². The highest BCUT2D eigenvalue weighted by Gasteiger charge is 2.18. The number of carboxylic acid groups (broad SMARTS) is 1. The van der Waals surface area contributed by atoms with Crippen LogP contribution in [0.1, 0.15) is 23.1 Å². The van der Waals surface area contributed by atoms with Crippen molar-refractivity contribution in [2.45, 2.75) is 6.92 Å². The van der Waals surface area contributed by atoms with Gasteiger partial charge < -0.3 is 9.84 Å². The van der Waals surface area contributed by atoms with Crippen molar-refractivity contribution in [2.75, 3.05) is 0 Å². The summed E-state index contributed by atoms with van der Waals surface area (Å²) in [7, 11) is 5.59. The van der Waals surface area contributed by atoms with E-state index in [-0.39, 0.29) is 5.69 Å². The fraction of sp³-hybridized carbons (Fsp3) is 0.0714. The van der Waals surface area contributed by atoms with Gasteiger partial charge in [0.2, 0.25) is 0 Å². The van der Waals surface area contributed by atoms with Crippen LogP contribution in [0.5, 0.6) is 0 Å². The number of hydrogen-bond donors (Lipinski definition) is 1. The maximum Gasteiger partial charge on any atom is 0.356 e. The van der Waals surface area contributed by atoms with E-state index >= 15 is 0 Å². The molecular weight excluding hydrogens is 269 g/mol. The number of carboxylic acids is 1. The number of pyridine rings is 1. The predicted molar refractivity (Wildman–Crippen MR) is 78.6 cm³/mol. The molecule has 0 unspecified atom stereocenters. The molecule has 104 valence electrons. The molecule has 0 aromatic carbocycles. The predicted octanol–water partition coefficient (Wildman–Crippen LogP) is 1.28. The van der Waals surface area contributed by atoms with E-state index in [4.69, 9.17) is 17.7 Å². The minimum Gasteiger partial charge on any atom is -0.476 e. The first-order valence-corrected chi connectivity index (χ1v) is 6.06. The van der Waals surface area contributed by atoms with Gasteiger partial charge in [-0.3, -0.25) is 0 Å². The molecule has 2 rings (SSSR count). The summed E-state index contributed by atoms with van der Waals surface area (Å²) in [5, 5.41) is 13.1. The summed E-state index contributed by atoms with van der Waals surface area (Å²) in [4.78, 5) is 15.3. The van der Waals surface area contributed by atoms with E-state index in [1.165, 1.54) is 23.2 Å². The minimum absolute atomic E-state index is 0.115. The zero-order chi connectivity index (χ0) is 15.4. The Labute approximate surface area is 122 Å². The van der Waals surface area contributed by atoms with Crippen LogP contribution in [0.15, 0.2) is 43.3 Å². The van der Waals surface area contributed by atoms with Crippen LogP contribution in [0.4, 0.5) is 0 Å². The third-order valence-corrected chi connectivity index (χ3v) is 2.64. The molecule has 7 heteroatoms. The zero-order valence-corrected chi connectivity index (χ0v) is 11.4. The Morgan fingerprint density at radius 2 is 2.29 bits per heavy atom. The lowest BCUT2D eigenvalue weighted by atomic mass is 9.99. The van der Waals surface area contributed by atoms with Crippen LogP contribution in [0.25, 0.3) is 11.6 Å².